The molecule has 2 heterocycles. The summed E-state index contributed by atoms with van der Waals surface area (Å²) in [7, 11) is 0. The number of carbonyl (C=O) groups is 1. The Bertz CT molecular complexity index is 718. The highest BCUT2D eigenvalue weighted by molar-refractivity contribution is 5.93. The van der Waals surface area contributed by atoms with Crippen molar-refractivity contribution in [1.82, 2.24) is 0 Å². The fourth-order valence-electron chi connectivity index (χ4n) is 6.07. The van der Waals surface area contributed by atoms with Gasteiger partial charge >= 0.3 is 5.97 Å². The summed E-state index contributed by atoms with van der Waals surface area (Å²) in [5.41, 5.74) is 2.06. The van der Waals surface area contributed by atoms with E-state index in [1.54, 1.807) is 0 Å². The normalized spacial score (nSPS) is 43.9. The van der Waals surface area contributed by atoms with Gasteiger partial charge < -0.3 is 14.2 Å². The molecule has 4 heteroatoms. The van der Waals surface area contributed by atoms with Crippen molar-refractivity contribution in [3.8, 4) is 0 Å². The maximum atomic E-state index is 11.8. The highest BCUT2D eigenvalue weighted by Gasteiger charge is 2.60. The van der Waals surface area contributed by atoms with Gasteiger partial charge in [0.25, 0.3) is 0 Å². The molecule has 2 saturated carbocycles. The van der Waals surface area contributed by atoms with Crippen molar-refractivity contribution in [3.63, 3.8) is 0 Å². The summed E-state index contributed by atoms with van der Waals surface area (Å²) in [4.78, 5) is 11.8. The van der Waals surface area contributed by atoms with Crippen LogP contribution in [0.5, 0.6) is 0 Å². The standard InChI is InChI=1S/C23H32O4/c1-15-6-9-18-22(4,17(15)8-7-16-11-13-25-20(16)24)12-10-19-23(18,5)14-26-21(2,3)27-19/h7-8,11,17-19H,1,6,9-10,12-14H2,2-5H3. The van der Waals surface area contributed by atoms with Gasteiger partial charge in [0.05, 0.1) is 18.3 Å². The van der Waals surface area contributed by atoms with Gasteiger partial charge in [-0.05, 0) is 56.9 Å². The van der Waals surface area contributed by atoms with E-state index in [0.29, 0.717) is 18.1 Å². The van der Waals surface area contributed by atoms with Crippen LogP contribution in [0.25, 0.3) is 0 Å². The summed E-state index contributed by atoms with van der Waals surface area (Å²) in [6, 6.07) is 0. The van der Waals surface area contributed by atoms with Crippen molar-refractivity contribution < 1.29 is 19.0 Å². The van der Waals surface area contributed by atoms with Crippen molar-refractivity contribution in [1.29, 1.82) is 0 Å². The third kappa shape index (κ3) is 3.01. The van der Waals surface area contributed by atoms with Gasteiger partial charge in [-0.2, -0.15) is 0 Å². The first kappa shape index (κ1) is 18.9. The number of fused-ring (bicyclic) bond motifs is 3. The van der Waals surface area contributed by atoms with Gasteiger partial charge in [0.2, 0.25) is 0 Å². The number of rotatable bonds is 2. The summed E-state index contributed by atoms with van der Waals surface area (Å²) in [5, 5.41) is 0. The molecule has 0 aromatic heterocycles. The second-order valence-electron chi connectivity index (χ2n) is 9.69. The molecule has 2 aliphatic carbocycles. The SMILES string of the molecule is C=C1CCC2C3(C)COC(C)(C)OC3CCC2(C)C1C=CC1=CCOC1=O. The molecule has 1 saturated heterocycles. The third-order valence-corrected chi connectivity index (χ3v) is 7.56. The maximum Gasteiger partial charge on any atom is 0.338 e. The van der Waals surface area contributed by atoms with E-state index in [1.165, 1.54) is 5.57 Å². The highest BCUT2D eigenvalue weighted by Crippen LogP contribution is 2.63. The van der Waals surface area contributed by atoms with Gasteiger partial charge in [-0.3, -0.25) is 0 Å². The number of carbonyl (C=O) groups excluding carboxylic acids is 1. The molecule has 4 rings (SSSR count). The Hall–Kier alpha value is -1.39. The van der Waals surface area contributed by atoms with Crippen LogP contribution in [-0.4, -0.2) is 31.1 Å². The van der Waals surface area contributed by atoms with E-state index in [9.17, 15) is 4.79 Å². The Morgan fingerprint density at radius 1 is 1.19 bits per heavy atom. The van der Waals surface area contributed by atoms with E-state index in [1.807, 2.05) is 26.0 Å². The minimum absolute atomic E-state index is 0.0147. The van der Waals surface area contributed by atoms with Gasteiger partial charge in [0.15, 0.2) is 5.79 Å². The predicted molar refractivity (Wildman–Crippen MR) is 104 cm³/mol. The first-order valence-corrected chi connectivity index (χ1v) is 10.2. The van der Waals surface area contributed by atoms with E-state index in [4.69, 9.17) is 14.2 Å². The fraction of sp³-hybridized carbons (Fsp3) is 0.696. The average Bonchev–Trinajstić information content (AvgIpc) is 3.00. The van der Waals surface area contributed by atoms with Crippen molar-refractivity contribution >= 4 is 5.97 Å². The van der Waals surface area contributed by atoms with Crippen LogP contribution in [0.2, 0.25) is 0 Å². The zero-order valence-corrected chi connectivity index (χ0v) is 17.0. The number of hydrogen-bond donors (Lipinski definition) is 0. The van der Waals surface area contributed by atoms with Crippen molar-refractivity contribution in [2.24, 2.45) is 22.7 Å². The molecule has 0 radical (unpaired) electrons. The molecular weight excluding hydrogens is 340 g/mol. The molecule has 27 heavy (non-hydrogen) atoms. The summed E-state index contributed by atoms with van der Waals surface area (Å²) in [5.74, 6) is 0.0502. The molecule has 0 amide bonds. The Morgan fingerprint density at radius 3 is 2.67 bits per heavy atom. The largest absolute Gasteiger partial charge is 0.458 e. The fourth-order valence-corrected chi connectivity index (χ4v) is 6.07. The molecule has 4 nitrogen and oxygen atoms in total. The van der Waals surface area contributed by atoms with Crippen LogP contribution in [-0.2, 0) is 19.0 Å². The molecule has 5 atom stereocenters. The number of hydrogen-bond acceptors (Lipinski definition) is 4. The lowest BCUT2D eigenvalue weighted by Gasteiger charge is -2.63. The molecule has 3 fully saturated rings. The first-order valence-electron chi connectivity index (χ1n) is 10.2. The van der Waals surface area contributed by atoms with Crippen molar-refractivity contribution in [2.75, 3.05) is 13.2 Å². The predicted octanol–water partition coefficient (Wildman–Crippen LogP) is 4.57. The molecule has 2 aliphatic heterocycles. The molecule has 0 N–H and O–H groups in total. The molecule has 4 aliphatic rings. The monoisotopic (exact) mass is 372 g/mol. The van der Waals surface area contributed by atoms with Crippen molar-refractivity contribution in [2.45, 2.75) is 65.3 Å². The number of esters is 1. The lowest BCUT2D eigenvalue weighted by molar-refractivity contribution is -0.343. The third-order valence-electron chi connectivity index (χ3n) is 7.56. The number of ether oxygens (including phenoxy) is 3. The minimum Gasteiger partial charge on any atom is -0.458 e. The zero-order chi connectivity index (χ0) is 19.4. The zero-order valence-electron chi connectivity index (χ0n) is 17.0. The summed E-state index contributed by atoms with van der Waals surface area (Å²) >= 11 is 0. The van der Waals surface area contributed by atoms with Gasteiger partial charge in [0, 0.05) is 11.3 Å². The lowest BCUT2D eigenvalue weighted by atomic mass is 9.46. The topological polar surface area (TPSA) is 44.8 Å². The molecule has 148 valence electrons. The van der Waals surface area contributed by atoms with E-state index in [0.717, 1.165) is 32.3 Å². The van der Waals surface area contributed by atoms with Crippen LogP contribution in [0, 0.1) is 22.7 Å². The van der Waals surface area contributed by atoms with Crippen molar-refractivity contribution in [3.05, 3.63) is 36.0 Å². The van der Waals surface area contributed by atoms with Crippen LogP contribution in [0.1, 0.15) is 53.4 Å². The molecule has 0 aromatic rings. The maximum absolute atomic E-state index is 11.8. The Balaban J connectivity index is 1.63. The molecule has 0 aromatic carbocycles. The number of cyclic esters (lactones) is 1. The van der Waals surface area contributed by atoms with E-state index >= 15 is 0 Å². The summed E-state index contributed by atoms with van der Waals surface area (Å²) < 4.78 is 17.5. The Morgan fingerprint density at radius 2 is 1.96 bits per heavy atom. The Kier molecular flexibility index (Phi) is 4.43. The van der Waals surface area contributed by atoms with E-state index in [-0.39, 0.29) is 28.8 Å². The van der Waals surface area contributed by atoms with Gasteiger partial charge in [-0.1, -0.05) is 38.2 Å². The quantitative estimate of drug-likeness (QED) is 0.526. The van der Waals surface area contributed by atoms with Crippen LogP contribution >= 0.6 is 0 Å². The second-order valence-corrected chi connectivity index (χ2v) is 9.69. The lowest BCUT2D eigenvalue weighted by Crippen LogP contribution is -2.62. The van der Waals surface area contributed by atoms with Gasteiger partial charge in [0.1, 0.15) is 6.61 Å². The van der Waals surface area contributed by atoms with Crippen LogP contribution in [0.3, 0.4) is 0 Å². The van der Waals surface area contributed by atoms with Crippen LogP contribution in [0.4, 0.5) is 0 Å². The Labute approximate surface area is 162 Å². The summed E-state index contributed by atoms with van der Waals surface area (Å²) in [6.07, 6.45) is 10.5. The highest BCUT2D eigenvalue weighted by atomic mass is 16.7. The average molecular weight is 373 g/mol. The summed E-state index contributed by atoms with van der Waals surface area (Å²) in [6.45, 7) is 14.3. The molecular formula is C23H32O4. The van der Waals surface area contributed by atoms with Gasteiger partial charge in [-0.15, -0.1) is 0 Å². The minimum atomic E-state index is -0.495. The van der Waals surface area contributed by atoms with Gasteiger partial charge in [-0.25, -0.2) is 4.79 Å². The van der Waals surface area contributed by atoms with E-state index in [2.05, 4.69) is 26.5 Å². The second kappa shape index (κ2) is 6.31. The smallest absolute Gasteiger partial charge is 0.338 e. The molecule has 0 bridgehead atoms. The molecule has 5 unspecified atom stereocenters. The molecule has 0 spiro atoms. The van der Waals surface area contributed by atoms with E-state index < -0.39 is 5.79 Å². The van der Waals surface area contributed by atoms with Crippen LogP contribution in [0.15, 0.2) is 36.0 Å². The number of allylic oxidation sites excluding steroid dienone is 2. The first-order chi connectivity index (χ1) is 12.7. The van der Waals surface area contributed by atoms with Crippen LogP contribution < -0.4 is 0 Å².